The Labute approximate surface area is 91.8 Å². The molecular formula is C9H10O2Tl. The zero-order valence-corrected chi connectivity index (χ0v) is 11.7. The Kier molecular flexibility index (Phi) is 4.44. The fraction of sp³-hybridized carbons (Fsp3) is 0.222. The molecule has 0 aliphatic carbocycles. The van der Waals surface area contributed by atoms with E-state index in [9.17, 15) is 4.79 Å². The van der Waals surface area contributed by atoms with Crippen LogP contribution in [0, 0.1) is 13.8 Å². The zero-order valence-electron chi connectivity index (χ0n) is 7.16. The SMILES string of the molecule is Cc1ccc(C)c(C(=O)O)c1.[Tl]. The Morgan fingerprint density at radius 3 is 2.33 bits per heavy atom. The third-order valence-corrected chi connectivity index (χ3v) is 1.62. The first kappa shape index (κ1) is 11.6. The maximum absolute atomic E-state index is 10.6. The molecule has 0 atom stereocenters. The summed E-state index contributed by atoms with van der Waals surface area (Å²) >= 11 is 0. The molecule has 1 rings (SSSR count). The third-order valence-electron chi connectivity index (χ3n) is 1.62. The van der Waals surface area contributed by atoms with Crippen molar-refractivity contribution in [2.45, 2.75) is 13.8 Å². The molecule has 1 aromatic rings. The molecule has 0 amide bonds. The smallest absolute Gasteiger partial charge is 0.335 e. The van der Waals surface area contributed by atoms with Crippen molar-refractivity contribution in [2.75, 3.05) is 0 Å². The monoisotopic (exact) mass is 355 g/mol. The molecule has 61 valence electrons. The Balaban J connectivity index is 0.00000121. The van der Waals surface area contributed by atoms with Gasteiger partial charge in [-0.2, -0.15) is 0 Å². The topological polar surface area (TPSA) is 37.3 Å². The van der Waals surface area contributed by atoms with E-state index in [0.29, 0.717) is 5.56 Å². The van der Waals surface area contributed by atoms with Crippen LogP contribution in [-0.4, -0.2) is 38.4 Å². The third kappa shape index (κ3) is 2.58. The van der Waals surface area contributed by atoms with E-state index >= 15 is 0 Å². The number of benzene rings is 1. The van der Waals surface area contributed by atoms with Crippen molar-refractivity contribution in [3.63, 3.8) is 0 Å². The molecular weight excluding hydrogens is 344 g/mol. The van der Waals surface area contributed by atoms with Gasteiger partial charge in [0.05, 0.1) is 5.56 Å². The van der Waals surface area contributed by atoms with E-state index in [0.717, 1.165) is 11.1 Å². The van der Waals surface area contributed by atoms with Crippen LogP contribution >= 0.6 is 0 Å². The summed E-state index contributed by atoms with van der Waals surface area (Å²) in [5.74, 6) is -0.855. The minimum absolute atomic E-state index is 0. The summed E-state index contributed by atoms with van der Waals surface area (Å²) in [6.07, 6.45) is 0. The van der Waals surface area contributed by atoms with E-state index in [1.54, 1.807) is 13.0 Å². The van der Waals surface area contributed by atoms with E-state index in [1.807, 2.05) is 19.1 Å². The number of rotatable bonds is 1. The molecule has 0 heterocycles. The van der Waals surface area contributed by atoms with Gasteiger partial charge < -0.3 is 5.11 Å². The van der Waals surface area contributed by atoms with Crippen LogP contribution in [0.15, 0.2) is 18.2 Å². The Morgan fingerprint density at radius 1 is 1.33 bits per heavy atom. The molecule has 0 saturated carbocycles. The van der Waals surface area contributed by atoms with Crippen molar-refractivity contribution in [1.82, 2.24) is 0 Å². The first-order chi connectivity index (χ1) is 5.11. The largest absolute Gasteiger partial charge is 0.478 e. The van der Waals surface area contributed by atoms with Gasteiger partial charge in [0, 0.05) is 27.3 Å². The van der Waals surface area contributed by atoms with Gasteiger partial charge in [-0.3, -0.25) is 0 Å². The Hall–Kier alpha value is -0.388. The van der Waals surface area contributed by atoms with Gasteiger partial charge in [0.25, 0.3) is 0 Å². The van der Waals surface area contributed by atoms with Crippen molar-refractivity contribution >= 4 is 33.3 Å². The van der Waals surface area contributed by atoms with Gasteiger partial charge >= 0.3 is 5.97 Å². The Morgan fingerprint density at radius 2 is 1.92 bits per heavy atom. The average Bonchev–Trinajstić information content (AvgIpc) is 1.94. The molecule has 0 fully saturated rings. The number of carboxylic acid groups (broad SMARTS) is 1. The van der Waals surface area contributed by atoms with E-state index in [-0.39, 0.29) is 27.3 Å². The second-order valence-corrected chi connectivity index (χ2v) is 2.62. The van der Waals surface area contributed by atoms with Gasteiger partial charge in [-0.05, 0) is 25.5 Å². The number of aromatic carboxylic acids is 1. The summed E-state index contributed by atoms with van der Waals surface area (Å²) < 4.78 is 0. The minimum atomic E-state index is -0.855. The van der Waals surface area contributed by atoms with Gasteiger partial charge in [-0.1, -0.05) is 17.7 Å². The van der Waals surface area contributed by atoms with Crippen molar-refractivity contribution in [3.8, 4) is 0 Å². The summed E-state index contributed by atoms with van der Waals surface area (Å²) in [6.45, 7) is 3.68. The molecule has 0 aliphatic heterocycles. The zero-order chi connectivity index (χ0) is 8.43. The minimum Gasteiger partial charge on any atom is -0.478 e. The summed E-state index contributed by atoms with van der Waals surface area (Å²) in [6, 6.07) is 5.40. The normalized spacial score (nSPS) is 8.83. The molecule has 0 spiro atoms. The van der Waals surface area contributed by atoms with E-state index < -0.39 is 5.97 Å². The van der Waals surface area contributed by atoms with Crippen LogP contribution in [0.4, 0.5) is 0 Å². The summed E-state index contributed by atoms with van der Waals surface area (Å²) in [5, 5.41) is 8.69. The van der Waals surface area contributed by atoms with Crippen LogP contribution in [0.2, 0.25) is 0 Å². The van der Waals surface area contributed by atoms with E-state index in [4.69, 9.17) is 5.11 Å². The van der Waals surface area contributed by atoms with Crippen LogP contribution in [0.3, 0.4) is 0 Å². The molecule has 1 N–H and O–H groups in total. The first-order valence-corrected chi connectivity index (χ1v) is 3.42. The summed E-state index contributed by atoms with van der Waals surface area (Å²) in [4.78, 5) is 10.6. The van der Waals surface area contributed by atoms with Crippen LogP contribution in [0.5, 0.6) is 0 Å². The molecule has 2 nitrogen and oxygen atoms in total. The van der Waals surface area contributed by atoms with Crippen molar-refractivity contribution < 1.29 is 9.90 Å². The number of hydrogen-bond acceptors (Lipinski definition) is 1. The maximum Gasteiger partial charge on any atom is 0.335 e. The quantitative estimate of drug-likeness (QED) is 0.778. The number of carboxylic acids is 1. The molecule has 12 heavy (non-hydrogen) atoms. The van der Waals surface area contributed by atoms with Gasteiger partial charge in [0.1, 0.15) is 0 Å². The number of aryl methyl sites for hydroxylation is 2. The molecule has 0 unspecified atom stereocenters. The van der Waals surface area contributed by atoms with Crippen LogP contribution in [0.1, 0.15) is 21.5 Å². The average molecular weight is 355 g/mol. The fourth-order valence-corrected chi connectivity index (χ4v) is 0.966. The molecule has 0 bridgehead atoms. The van der Waals surface area contributed by atoms with Crippen molar-refractivity contribution in [1.29, 1.82) is 0 Å². The van der Waals surface area contributed by atoms with Gasteiger partial charge in [-0.25, -0.2) is 4.79 Å². The number of hydrogen-bond donors (Lipinski definition) is 1. The molecule has 0 aromatic heterocycles. The standard InChI is InChI=1S/C9H10O2.Tl/c1-6-3-4-7(2)8(5-6)9(10)11;/h3-5H,1-2H3,(H,10,11);. The van der Waals surface area contributed by atoms with Gasteiger partial charge in [0.15, 0.2) is 0 Å². The molecule has 1 aromatic carbocycles. The second kappa shape index (κ2) is 4.59. The predicted octanol–water partition coefficient (Wildman–Crippen LogP) is 1.62. The summed E-state index contributed by atoms with van der Waals surface area (Å²) in [5.41, 5.74) is 2.18. The van der Waals surface area contributed by atoms with Crippen LogP contribution < -0.4 is 0 Å². The predicted molar refractivity (Wildman–Crippen MR) is 48.6 cm³/mol. The van der Waals surface area contributed by atoms with Gasteiger partial charge in [-0.15, -0.1) is 0 Å². The first-order valence-electron chi connectivity index (χ1n) is 3.42. The van der Waals surface area contributed by atoms with Crippen molar-refractivity contribution in [2.24, 2.45) is 0 Å². The van der Waals surface area contributed by atoms with E-state index in [2.05, 4.69) is 0 Å². The van der Waals surface area contributed by atoms with Gasteiger partial charge in [0.2, 0.25) is 0 Å². The maximum atomic E-state index is 10.6. The van der Waals surface area contributed by atoms with Crippen LogP contribution in [0.25, 0.3) is 0 Å². The molecule has 0 aliphatic rings. The van der Waals surface area contributed by atoms with Crippen molar-refractivity contribution in [3.05, 3.63) is 34.9 Å². The molecule has 3 heteroatoms. The molecule has 1 radical (unpaired) electrons. The summed E-state index contributed by atoms with van der Waals surface area (Å²) in [7, 11) is 0. The fourth-order valence-electron chi connectivity index (χ4n) is 0.966. The Bertz CT molecular complexity index is 295. The number of carbonyl (C=O) groups is 1. The van der Waals surface area contributed by atoms with E-state index in [1.165, 1.54) is 0 Å². The molecule has 0 saturated heterocycles. The van der Waals surface area contributed by atoms with Crippen LogP contribution in [-0.2, 0) is 0 Å². The second-order valence-electron chi connectivity index (χ2n) is 2.62.